The molecule has 3 heterocycles. The van der Waals surface area contributed by atoms with E-state index >= 15 is 0 Å². The summed E-state index contributed by atoms with van der Waals surface area (Å²) in [5, 5.41) is 1.02. The minimum Gasteiger partial charge on any atom is -0.357 e. The Morgan fingerprint density at radius 2 is 2.04 bits per heavy atom. The maximum Gasteiger partial charge on any atom is 0.255 e. The van der Waals surface area contributed by atoms with Crippen LogP contribution in [0.25, 0.3) is 0 Å². The van der Waals surface area contributed by atoms with Gasteiger partial charge in [-0.05, 0) is 37.8 Å². The Kier molecular flexibility index (Phi) is 5.14. The number of rotatable bonds is 4. The fourth-order valence-electron chi connectivity index (χ4n) is 2.94. The molecule has 0 N–H and O–H groups in total. The summed E-state index contributed by atoms with van der Waals surface area (Å²) in [5.74, 6) is 1.76. The van der Waals surface area contributed by atoms with Crippen molar-refractivity contribution in [3.8, 4) is 0 Å². The summed E-state index contributed by atoms with van der Waals surface area (Å²) in [6.07, 6.45) is 5.95. The first-order chi connectivity index (χ1) is 11.5. The van der Waals surface area contributed by atoms with Crippen LogP contribution in [0.4, 0.5) is 5.82 Å². The van der Waals surface area contributed by atoms with E-state index in [1.165, 1.54) is 12.8 Å². The van der Waals surface area contributed by atoms with Gasteiger partial charge in [0.05, 0.1) is 17.1 Å². The second kappa shape index (κ2) is 7.30. The number of anilines is 1. The zero-order valence-electron chi connectivity index (χ0n) is 14.5. The van der Waals surface area contributed by atoms with Gasteiger partial charge in [-0.25, -0.2) is 9.97 Å². The largest absolute Gasteiger partial charge is 0.357 e. The third-order valence-corrected chi connectivity index (χ3v) is 5.41. The normalized spacial score (nSPS) is 15.5. The van der Waals surface area contributed by atoms with Crippen LogP contribution in [0.3, 0.4) is 0 Å². The lowest BCUT2D eigenvalue weighted by molar-refractivity contribution is 0.0786. The molecule has 2 aromatic rings. The van der Waals surface area contributed by atoms with E-state index in [0.717, 1.165) is 34.7 Å². The van der Waals surface area contributed by atoms with Crippen molar-refractivity contribution in [3.05, 3.63) is 40.0 Å². The maximum absolute atomic E-state index is 12.5. The van der Waals surface area contributed by atoms with Gasteiger partial charge in [0.2, 0.25) is 0 Å². The number of amides is 1. The van der Waals surface area contributed by atoms with E-state index in [9.17, 15) is 4.79 Å². The second-order valence-electron chi connectivity index (χ2n) is 6.58. The van der Waals surface area contributed by atoms with Crippen molar-refractivity contribution in [1.82, 2.24) is 14.9 Å². The van der Waals surface area contributed by atoms with Crippen LogP contribution in [0.5, 0.6) is 0 Å². The van der Waals surface area contributed by atoms with Gasteiger partial charge < -0.3 is 9.80 Å². The number of thiazole rings is 1. The molecule has 0 spiro atoms. The fourth-order valence-corrected chi connectivity index (χ4v) is 3.79. The first-order valence-corrected chi connectivity index (χ1v) is 9.22. The van der Waals surface area contributed by atoms with E-state index in [1.54, 1.807) is 22.4 Å². The van der Waals surface area contributed by atoms with Crippen molar-refractivity contribution < 1.29 is 4.79 Å². The number of pyridine rings is 1. The molecule has 3 rings (SSSR count). The van der Waals surface area contributed by atoms with Crippen molar-refractivity contribution >= 4 is 23.1 Å². The van der Waals surface area contributed by atoms with Crippen molar-refractivity contribution in [3.63, 3.8) is 0 Å². The standard InChI is InChI=1S/C18H24N4OS/c1-13-6-8-22(9-7-13)17-5-4-15(10-20-17)18(23)21(3)12-16-11-19-14(2)24-16/h4-5,10-11,13H,6-9,12H2,1-3H3. The molecule has 1 aliphatic rings. The van der Waals surface area contributed by atoms with Crippen molar-refractivity contribution in [2.75, 3.05) is 25.0 Å². The van der Waals surface area contributed by atoms with Crippen LogP contribution in [-0.4, -0.2) is 40.9 Å². The maximum atomic E-state index is 12.5. The Labute approximate surface area is 147 Å². The number of hydrogen-bond acceptors (Lipinski definition) is 5. The minimum absolute atomic E-state index is 0.00707. The van der Waals surface area contributed by atoms with Gasteiger partial charge in [-0.1, -0.05) is 6.92 Å². The number of aromatic nitrogens is 2. The van der Waals surface area contributed by atoms with Crippen LogP contribution in [0.1, 0.15) is 40.0 Å². The molecule has 0 unspecified atom stereocenters. The zero-order chi connectivity index (χ0) is 17.1. The lowest BCUT2D eigenvalue weighted by atomic mass is 9.99. The highest BCUT2D eigenvalue weighted by atomic mass is 32.1. The van der Waals surface area contributed by atoms with Crippen LogP contribution in [0.2, 0.25) is 0 Å². The predicted octanol–water partition coefficient (Wildman–Crippen LogP) is 3.36. The molecule has 24 heavy (non-hydrogen) atoms. The molecule has 0 radical (unpaired) electrons. The smallest absolute Gasteiger partial charge is 0.255 e. The van der Waals surface area contributed by atoms with Gasteiger partial charge in [0, 0.05) is 37.4 Å². The van der Waals surface area contributed by atoms with Crippen LogP contribution in [0, 0.1) is 12.8 Å². The second-order valence-corrected chi connectivity index (χ2v) is 7.90. The van der Waals surface area contributed by atoms with Crippen LogP contribution < -0.4 is 4.90 Å². The number of nitrogens with zero attached hydrogens (tertiary/aromatic N) is 4. The molecular weight excluding hydrogens is 320 g/mol. The molecule has 5 nitrogen and oxygen atoms in total. The number of carbonyl (C=O) groups is 1. The summed E-state index contributed by atoms with van der Waals surface area (Å²) in [4.78, 5) is 26.4. The highest BCUT2D eigenvalue weighted by Crippen LogP contribution is 2.21. The highest BCUT2D eigenvalue weighted by Gasteiger charge is 2.18. The number of aryl methyl sites for hydroxylation is 1. The third kappa shape index (κ3) is 3.93. The molecule has 0 aromatic carbocycles. The molecule has 2 aromatic heterocycles. The molecule has 1 aliphatic heterocycles. The van der Waals surface area contributed by atoms with E-state index in [4.69, 9.17) is 0 Å². The Balaban J connectivity index is 1.63. The van der Waals surface area contributed by atoms with Crippen molar-refractivity contribution in [2.45, 2.75) is 33.2 Å². The van der Waals surface area contributed by atoms with Gasteiger partial charge >= 0.3 is 0 Å². The summed E-state index contributed by atoms with van der Waals surface area (Å²) in [7, 11) is 1.82. The average Bonchev–Trinajstić information content (AvgIpc) is 3.00. The number of carbonyl (C=O) groups excluding carboxylic acids is 1. The fraction of sp³-hybridized carbons (Fsp3) is 0.500. The lowest BCUT2D eigenvalue weighted by Gasteiger charge is -2.31. The molecule has 0 aliphatic carbocycles. The SMILES string of the molecule is Cc1ncc(CN(C)C(=O)c2ccc(N3CCC(C)CC3)nc2)s1. The van der Waals surface area contributed by atoms with Crippen LogP contribution in [0.15, 0.2) is 24.5 Å². The van der Waals surface area contributed by atoms with Crippen molar-refractivity contribution in [1.29, 1.82) is 0 Å². The number of piperidine rings is 1. The van der Waals surface area contributed by atoms with E-state index < -0.39 is 0 Å². The third-order valence-electron chi connectivity index (χ3n) is 4.51. The Hall–Kier alpha value is -1.95. The lowest BCUT2D eigenvalue weighted by Crippen LogP contribution is -2.33. The van der Waals surface area contributed by atoms with Crippen molar-refractivity contribution in [2.24, 2.45) is 5.92 Å². The molecule has 1 amide bonds. The van der Waals surface area contributed by atoms with Gasteiger partial charge in [0.1, 0.15) is 5.82 Å². The quantitative estimate of drug-likeness (QED) is 0.853. The van der Waals surface area contributed by atoms with E-state index in [2.05, 4.69) is 21.8 Å². The molecule has 0 atom stereocenters. The van der Waals surface area contributed by atoms with Gasteiger partial charge in [-0.3, -0.25) is 4.79 Å². The average molecular weight is 344 g/mol. The van der Waals surface area contributed by atoms with Gasteiger partial charge in [-0.15, -0.1) is 11.3 Å². The summed E-state index contributed by atoms with van der Waals surface area (Å²) < 4.78 is 0. The summed E-state index contributed by atoms with van der Waals surface area (Å²) >= 11 is 1.62. The first-order valence-electron chi connectivity index (χ1n) is 8.40. The zero-order valence-corrected chi connectivity index (χ0v) is 15.3. The molecule has 128 valence electrons. The monoisotopic (exact) mass is 344 g/mol. The summed E-state index contributed by atoms with van der Waals surface area (Å²) in [6.45, 7) is 6.95. The molecule has 1 fully saturated rings. The number of hydrogen-bond donors (Lipinski definition) is 0. The molecule has 1 saturated heterocycles. The van der Waals surface area contributed by atoms with Crippen LogP contribution in [-0.2, 0) is 6.54 Å². The van der Waals surface area contributed by atoms with Gasteiger partial charge in [0.25, 0.3) is 5.91 Å². The molecule has 6 heteroatoms. The van der Waals surface area contributed by atoms with Gasteiger partial charge in [-0.2, -0.15) is 0 Å². The van der Waals surface area contributed by atoms with E-state index in [1.807, 2.05) is 32.3 Å². The highest BCUT2D eigenvalue weighted by molar-refractivity contribution is 7.11. The molecular formula is C18H24N4OS. The Morgan fingerprint density at radius 3 is 2.62 bits per heavy atom. The van der Waals surface area contributed by atoms with Gasteiger partial charge in [0.15, 0.2) is 0 Å². The minimum atomic E-state index is -0.00707. The summed E-state index contributed by atoms with van der Waals surface area (Å²) in [5.41, 5.74) is 0.632. The van der Waals surface area contributed by atoms with E-state index in [0.29, 0.717) is 12.1 Å². The predicted molar refractivity (Wildman–Crippen MR) is 97.5 cm³/mol. The van der Waals surface area contributed by atoms with Crippen LogP contribution >= 0.6 is 11.3 Å². The van der Waals surface area contributed by atoms with E-state index in [-0.39, 0.29) is 5.91 Å². The topological polar surface area (TPSA) is 49.3 Å². The molecule has 0 bridgehead atoms. The Morgan fingerprint density at radius 1 is 1.29 bits per heavy atom. The Bertz CT molecular complexity index is 689. The first kappa shape index (κ1) is 16.9. The summed E-state index contributed by atoms with van der Waals surface area (Å²) in [6, 6.07) is 3.85. The molecule has 0 saturated carbocycles.